The van der Waals surface area contributed by atoms with Gasteiger partial charge in [-0.3, -0.25) is 9.59 Å². The summed E-state index contributed by atoms with van der Waals surface area (Å²) < 4.78 is 10.0. The van der Waals surface area contributed by atoms with Crippen LogP contribution >= 0.6 is 0 Å². The summed E-state index contributed by atoms with van der Waals surface area (Å²) >= 11 is 0. The summed E-state index contributed by atoms with van der Waals surface area (Å²) in [4.78, 5) is 42.7. The number of rotatable bonds is 5. The van der Waals surface area contributed by atoms with E-state index in [0.29, 0.717) is 0 Å². The summed E-state index contributed by atoms with van der Waals surface area (Å²) in [5, 5.41) is 0. The number of esters is 1. The number of carbonyl (C=O) groups excluding carboxylic acids is 3. The van der Waals surface area contributed by atoms with Crippen molar-refractivity contribution >= 4 is 23.4 Å². The fraction of sp³-hybridized carbons (Fsp3) is 0.263. The predicted octanol–water partition coefficient (Wildman–Crippen LogP) is 1.40. The first kappa shape index (κ1) is 17.6. The summed E-state index contributed by atoms with van der Waals surface area (Å²) in [6.45, 7) is 1.99. The zero-order valence-corrected chi connectivity index (χ0v) is 14.5. The number of aliphatic imine (C=N–C) groups is 1. The molecule has 1 heterocycles. The highest BCUT2D eigenvalue weighted by molar-refractivity contribution is 6.65. The molecule has 1 aliphatic heterocycles. The Balaban J connectivity index is 2.05. The molecule has 7 heteroatoms. The van der Waals surface area contributed by atoms with Crippen LogP contribution in [0.25, 0.3) is 0 Å². The van der Waals surface area contributed by atoms with Gasteiger partial charge in [-0.05, 0) is 24.6 Å². The van der Waals surface area contributed by atoms with Gasteiger partial charge in [0, 0.05) is 12.6 Å². The molecule has 1 atom stereocenters. The van der Waals surface area contributed by atoms with Crippen molar-refractivity contribution < 1.29 is 23.9 Å². The number of hydrogen-bond donors (Lipinski definition) is 0. The molecule has 7 nitrogen and oxygen atoms in total. The average molecular weight is 354 g/mol. The molecular formula is C19H18N2O5. The van der Waals surface area contributed by atoms with Crippen molar-refractivity contribution in [1.82, 2.24) is 4.90 Å². The third-order valence-electron chi connectivity index (χ3n) is 4.11. The van der Waals surface area contributed by atoms with Gasteiger partial charge in [-0.2, -0.15) is 0 Å². The zero-order valence-electron chi connectivity index (χ0n) is 14.5. The van der Waals surface area contributed by atoms with Crippen LogP contribution in [0.2, 0.25) is 0 Å². The Labute approximate surface area is 150 Å². The fourth-order valence-corrected chi connectivity index (χ4v) is 2.86. The van der Waals surface area contributed by atoms with Crippen LogP contribution in [0.5, 0.6) is 0 Å². The van der Waals surface area contributed by atoms with Gasteiger partial charge in [-0.15, -0.1) is 0 Å². The molecule has 0 N–H and O–H groups in total. The van der Waals surface area contributed by atoms with E-state index in [1.54, 1.807) is 6.92 Å². The van der Waals surface area contributed by atoms with Crippen LogP contribution in [0.4, 0.5) is 0 Å². The second-order valence-corrected chi connectivity index (χ2v) is 5.75. The van der Waals surface area contributed by atoms with Gasteiger partial charge in [0.15, 0.2) is 11.4 Å². The highest BCUT2D eigenvalue weighted by Gasteiger charge is 2.48. The van der Waals surface area contributed by atoms with Gasteiger partial charge in [0.1, 0.15) is 0 Å². The summed E-state index contributed by atoms with van der Waals surface area (Å²) in [6.07, 6.45) is 4.23. The van der Waals surface area contributed by atoms with Gasteiger partial charge in [0.2, 0.25) is 11.5 Å². The maximum Gasteiger partial charge on any atom is 0.362 e. The lowest BCUT2D eigenvalue weighted by molar-refractivity contribution is -0.136. The predicted molar refractivity (Wildman–Crippen MR) is 93.0 cm³/mol. The Morgan fingerprint density at radius 2 is 1.96 bits per heavy atom. The van der Waals surface area contributed by atoms with Crippen molar-refractivity contribution in [2.75, 3.05) is 13.7 Å². The number of nitrogens with zero attached hydrogens (tertiary/aromatic N) is 2. The maximum absolute atomic E-state index is 12.9. The summed E-state index contributed by atoms with van der Waals surface area (Å²) in [5.41, 5.74) is -0.736. The van der Waals surface area contributed by atoms with Gasteiger partial charge < -0.3 is 14.4 Å². The van der Waals surface area contributed by atoms with Crippen molar-refractivity contribution in [3.05, 3.63) is 59.9 Å². The quantitative estimate of drug-likeness (QED) is 0.746. The molecular weight excluding hydrogens is 336 g/mol. The molecule has 1 aromatic rings. The Bertz CT molecular complexity index is 841. The molecule has 3 rings (SSSR count). The van der Waals surface area contributed by atoms with Gasteiger partial charge in [0.05, 0.1) is 13.7 Å². The van der Waals surface area contributed by atoms with Crippen LogP contribution in [0.15, 0.2) is 59.3 Å². The third-order valence-corrected chi connectivity index (χ3v) is 4.11. The molecule has 0 bridgehead atoms. The van der Waals surface area contributed by atoms with Gasteiger partial charge in [-0.1, -0.05) is 30.3 Å². The van der Waals surface area contributed by atoms with Crippen LogP contribution in [-0.4, -0.2) is 47.7 Å². The van der Waals surface area contributed by atoms with Gasteiger partial charge in [0.25, 0.3) is 5.91 Å². The molecule has 0 saturated carbocycles. The molecule has 1 unspecified atom stereocenters. The lowest BCUT2D eigenvalue weighted by Crippen LogP contribution is -2.46. The number of benzene rings is 1. The lowest BCUT2D eigenvalue weighted by Gasteiger charge is -2.33. The molecule has 134 valence electrons. The number of allylic oxidation sites excluding steroid dienone is 1. The second-order valence-electron chi connectivity index (χ2n) is 5.75. The summed E-state index contributed by atoms with van der Waals surface area (Å²) in [5.74, 6) is -1.61. The van der Waals surface area contributed by atoms with E-state index in [-0.39, 0.29) is 30.4 Å². The Kier molecular flexibility index (Phi) is 4.71. The van der Waals surface area contributed by atoms with Crippen molar-refractivity contribution in [1.29, 1.82) is 0 Å². The Morgan fingerprint density at radius 1 is 1.23 bits per heavy atom. The van der Waals surface area contributed by atoms with Crippen molar-refractivity contribution in [3.8, 4) is 0 Å². The minimum absolute atomic E-state index is 0.0622. The first-order chi connectivity index (χ1) is 12.5. The van der Waals surface area contributed by atoms with Crippen LogP contribution in [0.1, 0.15) is 12.5 Å². The van der Waals surface area contributed by atoms with Crippen LogP contribution in [0.3, 0.4) is 0 Å². The third kappa shape index (κ3) is 3.03. The van der Waals surface area contributed by atoms with E-state index in [4.69, 9.17) is 9.47 Å². The SMILES string of the molecule is CCOC(=O)C1=NC2(C=CC(=O)C(OC)=C2)N(Cc2ccccc2)C1=O. The summed E-state index contributed by atoms with van der Waals surface area (Å²) in [6, 6.07) is 9.30. The fourth-order valence-electron chi connectivity index (χ4n) is 2.86. The normalized spacial score (nSPS) is 21.7. The highest BCUT2D eigenvalue weighted by atomic mass is 16.5. The topological polar surface area (TPSA) is 85.3 Å². The van der Waals surface area contributed by atoms with E-state index < -0.39 is 17.5 Å². The molecule has 0 radical (unpaired) electrons. The van der Waals surface area contributed by atoms with E-state index in [1.165, 1.54) is 30.2 Å². The average Bonchev–Trinajstić information content (AvgIpc) is 2.91. The van der Waals surface area contributed by atoms with Crippen molar-refractivity contribution in [2.24, 2.45) is 4.99 Å². The summed E-state index contributed by atoms with van der Waals surface area (Å²) in [7, 11) is 1.37. The molecule has 1 amide bonds. The molecule has 0 saturated heterocycles. The lowest BCUT2D eigenvalue weighted by atomic mass is 10.00. The van der Waals surface area contributed by atoms with E-state index >= 15 is 0 Å². The van der Waals surface area contributed by atoms with E-state index in [0.717, 1.165) is 5.56 Å². The van der Waals surface area contributed by atoms with Crippen LogP contribution in [0, 0.1) is 0 Å². The van der Waals surface area contributed by atoms with Gasteiger partial charge >= 0.3 is 5.97 Å². The Morgan fingerprint density at radius 3 is 2.62 bits per heavy atom. The number of ketones is 1. The molecule has 1 aromatic carbocycles. The van der Waals surface area contributed by atoms with E-state index in [2.05, 4.69) is 4.99 Å². The largest absolute Gasteiger partial charge is 0.493 e. The number of methoxy groups -OCH3 is 1. The molecule has 0 fully saturated rings. The number of carbonyl (C=O) groups is 3. The van der Waals surface area contributed by atoms with E-state index in [1.807, 2.05) is 30.3 Å². The molecule has 1 aliphatic carbocycles. The van der Waals surface area contributed by atoms with Crippen molar-refractivity contribution in [3.63, 3.8) is 0 Å². The number of hydrogen-bond acceptors (Lipinski definition) is 6. The van der Waals surface area contributed by atoms with E-state index in [9.17, 15) is 14.4 Å². The molecule has 0 aromatic heterocycles. The number of ether oxygens (including phenoxy) is 2. The number of amides is 1. The highest BCUT2D eigenvalue weighted by Crippen LogP contribution is 2.34. The minimum atomic E-state index is -1.30. The first-order valence-corrected chi connectivity index (χ1v) is 8.14. The first-order valence-electron chi connectivity index (χ1n) is 8.14. The van der Waals surface area contributed by atoms with Crippen LogP contribution < -0.4 is 0 Å². The molecule has 1 spiro atoms. The molecule has 2 aliphatic rings. The monoisotopic (exact) mass is 354 g/mol. The van der Waals surface area contributed by atoms with Crippen molar-refractivity contribution in [2.45, 2.75) is 19.1 Å². The smallest absolute Gasteiger partial charge is 0.362 e. The van der Waals surface area contributed by atoms with Crippen LogP contribution in [-0.2, 0) is 30.4 Å². The maximum atomic E-state index is 12.9. The van der Waals surface area contributed by atoms with Gasteiger partial charge in [-0.25, -0.2) is 9.79 Å². The molecule has 26 heavy (non-hydrogen) atoms. The minimum Gasteiger partial charge on any atom is -0.493 e. The standard InChI is InChI=1S/C19H18N2O5/c1-3-26-18(24)16-17(23)21(12-13-7-5-4-6-8-13)19(20-16)10-9-14(22)15(11-19)25-2/h4-11H,3,12H2,1-2H3. The zero-order chi connectivity index (χ0) is 18.7. The Hall–Kier alpha value is -3.22. The second kappa shape index (κ2) is 6.95.